The van der Waals surface area contributed by atoms with E-state index >= 15 is 0 Å². The highest BCUT2D eigenvalue weighted by atomic mass is 16.2. The van der Waals surface area contributed by atoms with E-state index in [4.69, 9.17) is 10.7 Å². The number of rotatable bonds is 8. The molecular formula is C22H30N6O2. The van der Waals surface area contributed by atoms with Crippen LogP contribution >= 0.6 is 0 Å². The summed E-state index contributed by atoms with van der Waals surface area (Å²) in [7, 11) is 0. The molecule has 0 aliphatic carbocycles. The fourth-order valence-electron chi connectivity index (χ4n) is 3.50. The second kappa shape index (κ2) is 9.11. The second-order valence-electron chi connectivity index (χ2n) is 8.02. The van der Waals surface area contributed by atoms with Gasteiger partial charge in [-0.2, -0.15) is 0 Å². The summed E-state index contributed by atoms with van der Waals surface area (Å²) < 4.78 is 1.44. The molecule has 0 saturated carbocycles. The summed E-state index contributed by atoms with van der Waals surface area (Å²) >= 11 is 0. The fraction of sp³-hybridized carbons (Fsp3) is 0.455. The molecule has 2 aromatic heterocycles. The first-order valence-electron chi connectivity index (χ1n) is 10.4. The molecule has 0 bridgehead atoms. The van der Waals surface area contributed by atoms with Crippen molar-refractivity contribution in [1.82, 2.24) is 19.5 Å². The van der Waals surface area contributed by atoms with Crippen LogP contribution in [0.3, 0.4) is 0 Å². The maximum atomic E-state index is 12.8. The number of aryl methyl sites for hydroxylation is 1. The van der Waals surface area contributed by atoms with Crippen molar-refractivity contribution in [3.63, 3.8) is 0 Å². The minimum absolute atomic E-state index is 0.194. The molecule has 0 fully saturated rings. The lowest BCUT2D eigenvalue weighted by atomic mass is 10.2. The summed E-state index contributed by atoms with van der Waals surface area (Å²) in [5.41, 5.74) is 8.95. The van der Waals surface area contributed by atoms with Gasteiger partial charge < -0.3 is 10.6 Å². The van der Waals surface area contributed by atoms with Gasteiger partial charge in [0, 0.05) is 13.1 Å². The van der Waals surface area contributed by atoms with Crippen molar-refractivity contribution in [3.8, 4) is 0 Å². The molecule has 2 heterocycles. The molecule has 3 rings (SSSR count). The number of benzene rings is 1. The van der Waals surface area contributed by atoms with Gasteiger partial charge in [0.2, 0.25) is 0 Å². The molecule has 3 N–H and O–H groups in total. The molecule has 0 atom stereocenters. The Morgan fingerprint density at radius 3 is 2.47 bits per heavy atom. The Kier molecular flexibility index (Phi) is 6.54. The molecule has 30 heavy (non-hydrogen) atoms. The molecule has 0 aliphatic heterocycles. The summed E-state index contributed by atoms with van der Waals surface area (Å²) in [4.78, 5) is 38.9. The second-order valence-corrected chi connectivity index (χ2v) is 8.02. The molecule has 0 radical (unpaired) electrons. The zero-order valence-electron chi connectivity index (χ0n) is 18.1. The Balaban J connectivity index is 2.08. The number of nitrogen functional groups attached to an aromatic ring is 1. The molecular weight excluding hydrogens is 380 g/mol. The number of H-pyrrole nitrogens is 1. The molecule has 0 unspecified atom stereocenters. The van der Waals surface area contributed by atoms with Crippen LogP contribution in [0.2, 0.25) is 0 Å². The normalized spacial score (nSPS) is 11.4. The number of hydrogen-bond acceptors (Lipinski definition) is 6. The number of nitrogens with one attached hydrogen (secondary N) is 1. The Bertz CT molecular complexity index is 1150. The van der Waals surface area contributed by atoms with Crippen LogP contribution in [0.5, 0.6) is 0 Å². The Morgan fingerprint density at radius 2 is 1.83 bits per heavy atom. The molecule has 160 valence electrons. The minimum atomic E-state index is -0.480. The third kappa shape index (κ3) is 4.53. The SMILES string of the molecule is CCCCN(Cc1nc2ccccc2nc1C)c1c(N)n(CC(C)C)c(=O)[nH]c1=O. The third-order valence-corrected chi connectivity index (χ3v) is 5.04. The van der Waals surface area contributed by atoms with Crippen LogP contribution in [-0.4, -0.2) is 26.1 Å². The van der Waals surface area contributed by atoms with Gasteiger partial charge in [0.25, 0.3) is 5.56 Å². The molecule has 0 amide bonds. The Labute approximate surface area is 175 Å². The first-order chi connectivity index (χ1) is 14.3. The average Bonchev–Trinajstić information content (AvgIpc) is 2.69. The average molecular weight is 411 g/mol. The highest BCUT2D eigenvalue weighted by Gasteiger charge is 2.21. The van der Waals surface area contributed by atoms with Crippen LogP contribution in [0.1, 0.15) is 45.0 Å². The van der Waals surface area contributed by atoms with Gasteiger partial charge in [-0.25, -0.2) is 14.8 Å². The number of nitrogens with zero attached hydrogens (tertiary/aromatic N) is 4. The molecule has 0 saturated heterocycles. The number of anilines is 2. The van der Waals surface area contributed by atoms with E-state index in [2.05, 4.69) is 16.9 Å². The number of para-hydroxylation sites is 2. The number of hydrogen-bond donors (Lipinski definition) is 2. The van der Waals surface area contributed by atoms with E-state index in [0.29, 0.717) is 25.3 Å². The van der Waals surface area contributed by atoms with Crippen molar-refractivity contribution in [2.75, 3.05) is 17.2 Å². The van der Waals surface area contributed by atoms with Crippen molar-refractivity contribution in [2.45, 2.75) is 53.6 Å². The zero-order chi connectivity index (χ0) is 21.8. The number of unbranched alkanes of at least 4 members (excludes halogenated alkanes) is 1. The van der Waals surface area contributed by atoms with Gasteiger partial charge in [-0.05, 0) is 31.4 Å². The monoisotopic (exact) mass is 410 g/mol. The molecule has 3 aromatic rings. The summed E-state index contributed by atoms with van der Waals surface area (Å²) in [6, 6.07) is 7.71. The summed E-state index contributed by atoms with van der Waals surface area (Å²) in [6.07, 6.45) is 1.84. The van der Waals surface area contributed by atoms with E-state index in [-0.39, 0.29) is 11.7 Å². The largest absolute Gasteiger partial charge is 0.383 e. The van der Waals surface area contributed by atoms with Crippen LogP contribution in [0.15, 0.2) is 33.9 Å². The van der Waals surface area contributed by atoms with Gasteiger partial charge in [-0.3, -0.25) is 14.3 Å². The Morgan fingerprint density at radius 1 is 1.17 bits per heavy atom. The van der Waals surface area contributed by atoms with Crippen LogP contribution < -0.4 is 21.9 Å². The highest BCUT2D eigenvalue weighted by Crippen LogP contribution is 2.22. The van der Waals surface area contributed by atoms with Gasteiger partial charge in [-0.1, -0.05) is 39.3 Å². The van der Waals surface area contributed by atoms with E-state index < -0.39 is 11.2 Å². The first-order valence-corrected chi connectivity index (χ1v) is 10.4. The van der Waals surface area contributed by atoms with Gasteiger partial charge in [-0.15, -0.1) is 0 Å². The lowest BCUT2D eigenvalue weighted by Crippen LogP contribution is -2.39. The number of aromatic amines is 1. The Hall–Kier alpha value is -3.16. The predicted octanol–water partition coefficient (Wildman–Crippen LogP) is 2.83. The van der Waals surface area contributed by atoms with Crippen LogP contribution in [0.4, 0.5) is 11.5 Å². The summed E-state index contributed by atoms with van der Waals surface area (Å²) in [5, 5.41) is 0. The van der Waals surface area contributed by atoms with Gasteiger partial charge in [0.1, 0.15) is 11.5 Å². The number of aromatic nitrogens is 4. The van der Waals surface area contributed by atoms with E-state index in [1.165, 1.54) is 4.57 Å². The lowest BCUT2D eigenvalue weighted by Gasteiger charge is -2.26. The van der Waals surface area contributed by atoms with E-state index in [0.717, 1.165) is 35.3 Å². The topological polar surface area (TPSA) is 110 Å². The van der Waals surface area contributed by atoms with E-state index in [1.54, 1.807) is 0 Å². The van der Waals surface area contributed by atoms with Crippen LogP contribution in [0.25, 0.3) is 11.0 Å². The summed E-state index contributed by atoms with van der Waals surface area (Å²) in [6.45, 7) is 9.45. The first kappa shape index (κ1) is 21.5. The molecule has 8 heteroatoms. The van der Waals surface area contributed by atoms with Crippen LogP contribution in [-0.2, 0) is 13.1 Å². The number of nitrogens with two attached hydrogens (primary N) is 1. The molecule has 1 aromatic carbocycles. The lowest BCUT2D eigenvalue weighted by molar-refractivity contribution is 0.506. The van der Waals surface area contributed by atoms with Crippen molar-refractivity contribution >= 4 is 22.5 Å². The van der Waals surface area contributed by atoms with E-state index in [1.807, 2.05) is 49.9 Å². The predicted molar refractivity (Wildman–Crippen MR) is 121 cm³/mol. The molecule has 8 nitrogen and oxygen atoms in total. The van der Waals surface area contributed by atoms with Gasteiger partial charge in [0.05, 0.1) is 29.0 Å². The standard InChI is InChI=1S/C22H30N6O2/c1-5-6-11-27(13-18-15(4)24-16-9-7-8-10-17(16)25-18)19-20(23)28(12-14(2)3)22(30)26-21(19)29/h7-10,14H,5-6,11-13,23H2,1-4H3,(H,26,29,30). The van der Waals surface area contributed by atoms with Crippen molar-refractivity contribution < 1.29 is 0 Å². The van der Waals surface area contributed by atoms with Gasteiger partial charge in [0.15, 0.2) is 0 Å². The maximum absolute atomic E-state index is 12.8. The van der Waals surface area contributed by atoms with Crippen LogP contribution in [0, 0.1) is 12.8 Å². The third-order valence-electron chi connectivity index (χ3n) is 5.04. The quantitative estimate of drug-likeness (QED) is 0.591. The number of fused-ring (bicyclic) bond motifs is 1. The van der Waals surface area contributed by atoms with Crippen molar-refractivity contribution in [3.05, 3.63) is 56.5 Å². The summed E-state index contributed by atoms with van der Waals surface area (Å²) in [5.74, 6) is 0.404. The maximum Gasteiger partial charge on any atom is 0.330 e. The van der Waals surface area contributed by atoms with Gasteiger partial charge >= 0.3 is 5.69 Å². The minimum Gasteiger partial charge on any atom is -0.383 e. The molecule has 0 aliphatic rings. The smallest absolute Gasteiger partial charge is 0.330 e. The van der Waals surface area contributed by atoms with Crippen molar-refractivity contribution in [1.29, 1.82) is 0 Å². The van der Waals surface area contributed by atoms with E-state index in [9.17, 15) is 9.59 Å². The fourth-order valence-corrected chi connectivity index (χ4v) is 3.50. The highest BCUT2D eigenvalue weighted by molar-refractivity contribution is 5.74. The molecule has 0 spiro atoms. The van der Waals surface area contributed by atoms with Crippen molar-refractivity contribution in [2.24, 2.45) is 5.92 Å². The zero-order valence-corrected chi connectivity index (χ0v) is 18.1.